The zero-order chi connectivity index (χ0) is 17.8. The molecule has 0 radical (unpaired) electrons. The van der Waals surface area contributed by atoms with E-state index in [-0.39, 0.29) is 24.4 Å². The summed E-state index contributed by atoms with van der Waals surface area (Å²) in [5, 5.41) is 2.01. The van der Waals surface area contributed by atoms with E-state index in [4.69, 9.17) is 4.74 Å². The van der Waals surface area contributed by atoms with Gasteiger partial charge in [-0.25, -0.2) is 0 Å². The van der Waals surface area contributed by atoms with E-state index in [9.17, 15) is 9.59 Å². The van der Waals surface area contributed by atoms with Crippen LogP contribution < -0.4 is 9.64 Å². The van der Waals surface area contributed by atoms with Gasteiger partial charge in [-0.05, 0) is 49.1 Å². The van der Waals surface area contributed by atoms with E-state index in [0.29, 0.717) is 13.0 Å². The molecule has 5 nitrogen and oxygen atoms in total. The van der Waals surface area contributed by atoms with E-state index in [1.54, 1.807) is 28.2 Å². The molecule has 6 heteroatoms. The Labute approximate surface area is 151 Å². The molecule has 1 aromatic heterocycles. The van der Waals surface area contributed by atoms with E-state index in [1.165, 1.54) is 4.88 Å². The summed E-state index contributed by atoms with van der Waals surface area (Å²) in [5.74, 6) is 0.753. The van der Waals surface area contributed by atoms with E-state index >= 15 is 0 Å². The molecule has 0 aliphatic carbocycles. The smallest absolute Gasteiger partial charge is 0.246 e. The second-order valence-electron chi connectivity index (χ2n) is 6.15. The SMILES string of the molecule is COc1ccc(N2CC(C)N(C(=O)CCc3cccs3)CC2=O)cc1. The third-order valence-electron chi connectivity index (χ3n) is 4.46. The fourth-order valence-corrected chi connectivity index (χ4v) is 3.73. The largest absolute Gasteiger partial charge is 0.497 e. The fraction of sp³-hybridized carbons (Fsp3) is 0.368. The molecular formula is C19H22N2O3S. The van der Waals surface area contributed by atoms with Gasteiger partial charge in [-0.15, -0.1) is 11.3 Å². The van der Waals surface area contributed by atoms with Crippen molar-refractivity contribution in [3.8, 4) is 5.75 Å². The van der Waals surface area contributed by atoms with Crippen molar-refractivity contribution in [3.63, 3.8) is 0 Å². The molecule has 2 heterocycles. The minimum Gasteiger partial charge on any atom is -0.497 e. The maximum atomic E-state index is 12.5. The van der Waals surface area contributed by atoms with Gasteiger partial charge in [0.05, 0.1) is 7.11 Å². The third kappa shape index (κ3) is 4.02. The molecule has 1 aromatic carbocycles. The predicted molar refractivity (Wildman–Crippen MR) is 99.2 cm³/mol. The normalized spacial score (nSPS) is 17.7. The van der Waals surface area contributed by atoms with Crippen LogP contribution in [-0.2, 0) is 16.0 Å². The maximum Gasteiger partial charge on any atom is 0.246 e. The van der Waals surface area contributed by atoms with Crippen molar-refractivity contribution < 1.29 is 14.3 Å². The van der Waals surface area contributed by atoms with Gasteiger partial charge >= 0.3 is 0 Å². The minimum atomic E-state index is -0.0484. The lowest BCUT2D eigenvalue weighted by Gasteiger charge is -2.39. The monoisotopic (exact) mass is 358 g/mol. The average Bonchev–Trinajstić information content (AvgIpc) is 3.15. The molecule has 1 aliphatic rings. The first-order valence-electron chi connectivity index (χ1n) is 8.34. The van der Waals surface area contributed by atoms with Gasteiger partial charge in [0, 0.05) is 29.6 Å². The molecule has 132 valence electrons. The summed E-state index contributed by atoms with van der Waals surface area (Å²) >= 11 is 1.66. The summed E-state index contributed by atoms with van der Waals surface area (Å²) in [6.45, 7) is 2.64. The number of amides is 2. The van der Waals surface area contributed by atoms with Crippen LogP contribution in [0, 0.1) is 0 Å². The van der Waals surface area contributed by atoms with Crippen LogP contribution in [0.3, 0.4) is 0 Å². The average molecular weight is 358 g/mol. The molecule has 2 amide bonds. The highest BCUT2D eigenvalue weighted by Crippen LogP contribution is 2.23. The lowest BCUT2D eigenvalue weighted by atomic mass is 10.1. The second-order valence-corrected chi connectivity index (χ2v) is 7.18. The van der Waals surface area contributed by atoms with Crippen LogP contribution >= 0.6 is 11.3 Å². The molecule has 1 aliphatic heterocycles. The first-order valence-corrected chi connectivity index (χ1v) is 9.22. The summed E-state index contributed by atoms with van der Waals surface area (Å²) in [6, 6.07) is 11.4. The van der Waals surface area contributed by atoms with Crippen LogP contribution in [0.15, 0.2) is 41.8 Å². The molecule has 0 bridgehead atoms. The Morgan fingerprint density at radius 2 is 2.04 bits per heavy atom. The highest BCUT2D eigenvalue weighted by atomic mass is 32.1. The highest BCUT2D eigenvalue weighted by Gasteiger charge is 2.32. The maximum absolute atomic E-state index is 12.5. The number of piperazine rings is 1. The van der Waals surface area contributed by atoms with Crippen molar-refractivity contribution in [1.29, 1.82) is 0 Å². The lowest BCUT2D eigenvalue weighted by Crippen LogP contribution is -2.57. The van der Waals surface area contributed by atoms with Crippen molar-refractivity contribution in [3.05, 3.63) is 46.7 Å². The number of ether oxygens (including phenoxy) is 1. The highest BCUT2D eigenvalue weighted by molar-refractivity contribution is 7.09. The van der Waals surface area contributed by atoms with Gasteiger partial charge < -0.3 is 14.5 Å². The lowest BCUT2D eigenvalue weighted by molar-refractivity contribution is -0.139. The number of methoxy groups -OCH3 is 1. The quantitative estimate of drug-likeness (QED) is 0.826. The van der Waals surface area contributed by atoms with Crippen molar-refractivity contribution in [2.45, 2.75) is 25.8 Å². The van der Waals surface area contributed by atoms with Crippen molar-refractivity contribution in [1.82, 2.24) is 4.90 Å². The molecule has 25 heavy (non-hydrogen) atoms. The van der Waals surface area contributed by atoms with Crippen LogP contribution in [0.2, 0.25) is 0 Å². The van der Waals surface area contributed by atoms with Gasteiger partial charge in [0.1, 0.15) is 12.3 Å². The Hall–Kier alpha value is -2.34. The molecular weight excluding hydrogens is 336 g/mol. The van der Waals surface area contributed by atoms with E-state index < -0.39 is 0 Å². The Morgan fingerprint density at radius 3 is 2.68 bits per heavy atom. The predicted octanol–water partition coefficient (Wildman–Crippen LogP) is 2.95. The zero-order valence-corrected chi connectivity index (χ0v) is 15.3. The van der Waals surface area contributed by atoms with Crippen LogP contribution in [0.1, 0.15) is 18.2 Å². The van der Waals surface area contributed by atoms with Gasteiger partial charge in [0.25, 0.3) is 0 Å². The van der Waals surface area contributed by atoms with E-state index in [2.05, 4.69) is 0 Å². The summed E-state index contributed by atoms with van der Waals surface area (Å²) < 4.78 is 5.16. The molecule has 0 N–H and O–H groups in total. The van der Waals surface area contributed by atoms with Crippen LogP contribution in [0.4, 0.5) is 5.69 Å². The number of benzene rings is 1. The third-order valence-corrected chi connectivity index (χ3v) is 5.39. The molecule has 0 saturated carbocycles. The summed E-state index contributed by atoms with van der Waals surface area (Å²) in [7, 11) is 1.61. The number of thiophene rings is 1. The number of carbonyl (C=O) groups is 2. The standard InChI is InChI=1S/C19H22N2O3S/c1-14-12-21(15-5-7-16(24-2)8-6-15)19(23)13-20(14)18(22)10-9-17-4-3-11-25-17/h3-8,11,14H,9-10,12-13H2,1-2H3. The molecule has 0 spiro atoms. The first-order chi connectivity index (χ1) is 12.1. The van der Waals surface area contributed by atoms with Crippen molar-refractivity contribution >= 4 is 28.8 Å². The van der Waals surface area contributed by atoms with Gasteiger partial charge in [0.15, 0.2) is 0 Å². The number of carbonyl (C=O) groups excluding carboxylic acids is 2. The number of nitrogens with zero attached hydrogens (tertiary/aromatic N) is 2. The molecule has 3 rings (SSSR count). The number of rotatable bonds is 5. The number of hydrogen-bond donors (Lipinski definition) is 0. The molecule has 2 aromatic rings. The minimum absolute atomic E-state index is 0.00404. The Balaban J connectivity index is 1.62. The summed E-state index contributed by atoms with van der Waals surface area (Å²) in [5.41, 5.74) is 0.836. The number of aryl methyl sites for hydroxylation is 1. The second kappa shape index (κ2) is 7.70. The zero-order valence-electron chi connectivity index (χ0n) is 14.5. The van der Waals surface area contributed by atoms with Crippen molar-refractivity contribution in [2.24, 2.45) is 0 Å². The van der Waals surface area contributed by atoms with Crippen LogP contribution in [-0.4, -0.2) is 43.0 Å². The first kappa shape index (κ1) is 17.5. The van der Waals surface area contributed by atoms with Gasteiger partial charge in [-0.1, -0.05) is 6.07 Å². The summed E-state index contributed by atoms with van der Waals surface area (Å²) in [6.07, 6.45) is 1.18. The van der Waals surface area contributed by atoms with Crippen LogP contribution in [0.25, 0.3) is 0 Å². The molecule has 1 fully saturated rings. The van der Waals surface area contributed by atoms with E-state index in [0.717, 1.165) is 17.9 Å². The number of hydrogen-bond acceptors (Lipinski definition) is 4. The van der Waals surface area contributed by atoms with Gasteiger partial charge in [-0.3, -0.25) is 9.59 Å². The van der Waals surface area contributed by atoms with E-state index in [1.807, 2.05) is 48.7 Å². The van der Waals surface area contributed by atoms with Crippen LogP contribution in [0.5, 0.6) is 5.75 Å². The number of anilines is 1. The Morgan fingerprint density at radius 1 is 1.28 bits per heavy atom. The Bertz CT molecular complexity index is 728. The Kier molecular flexibility index (Phi) is 5.38. The fourth-order valence-electron chi connectivity index (χ4n) is 3.03. The molecule has 1 saturated heterocycles. The van der Waals surface area contributed by atoms with Gasteiger partial charge in [0.2, 0.25) is 11.8 Å². The molecule has 1 atom stereocenters. The molecule has 1 unspecified atom stereocenters. The topological polar surface area (TPSA) is 49.9 Å². The van der Waals surface area contributed by atoms with Crippen molar-refractivity contribution in [2.75, 3.05) is 25.1 Å². The summed E-state index contributed by atoms with van der Waals surface area (Å²) in [4.78, 5) is 29.7. The van der Waals surface area contributed by atoms with Gasteiger partial charge in [-0.2, -0.15) is 0 Å².